The SMILES string of the molecule is O=S(C(F)(F)c1ccccc1Oc1ccccc1)C(F)(F)c1ccccc1Oc1ccccc1. The van der Waals surface area contributed by atoms with Gasteiger partial charge in [0, 0.05) is 0 Å². The van der Waals surface area contributed by atoms with Crippen LogP contribution in [0.3, 0.4) is 0 Å². The van der Waals surface area contributed by atoms with Gasteiger partial charge in [0.15, 0.2) is 10.8 Å². The Morgan fingerprint density at radius 1 is 0.500 bits per heavy atom. The van der Waals surface area contributed by atoms with Crippen LogP contribution in [0.5, 0.6) is 23.0 Å². The van der Waals surface area contributed by atoms with E-state index in [1.807, 2.05) is 0 Å². The van der Waals surface area contributed by atoms with Crippen LogP contribution >= 0.6 is 0 Å². The van der Waals surface area contributed by atoms with Gasteiger partial charge in [-0.3, -0.25) is 0 Å². The Kier molecular flexibility index (Phi) is 6.70. The van der Waals surface area contributed by atoms with Crippen LogP contribution < -0.4 is 9.47 Å². The summed E-state index contributed by atoms with van der Waals surface area (Å²) in [4.78, 5) is 0. The van der Waals surface area contributed by atoms with Gasteiger partial charge in [-0.05, 0) is 48.5 Å². The maximum atomic E-state index is 15.4. The predicted octanol–water partition coefficient (Wildman–Crippen LogP) is 7.82. The summed E-state index contributed by atoms with van der Waals surface area (Å²) >= 11 is 0. The largest absolute Gasteiger partial charge is 0.457 e. The van der Waals surface area contributed by atoms with Gasteiger partial charge in [0.05, 0.1) is 11.1 Å². The Morgan fingerprint density at radius 3 is 1.21 bits per heavy atom. The molecule has 34 heavy (non-hydrogen) atoms. The zero-order valence-electron chi connectivity index (χ0n) is 17.5. The molecule has 0 saturated heterocycles. The van der Waals surface area contributed by atoms with Crippen molar-refractivity contribution in [3.63, 3.8) is 0 Å². The molecule has 0 aliphatic rings. The fraction of sp³-hybridized carbons (Fsp3) is 0.0769. The lowest BCUT2D eigenvalue weighted by atomic mass is 10.2. The standard InChI is InChI=1S/C26H18F4O3S/c27-25(28,21-15-7-9-17-23(21)32-19-11-3-1-4-12-19)34(31)26(29,30)22-16-8-10-18-24(22)33-20-13-5-2-6-14-20/h1-18H. The molecule has 4 aromatic rings. The molecule has 0 N–H and O–H groups in total. The van der Waals surface area contributed by atoms with Crippen molar-refractivity contribution in [3.05, 3.63) is 120 Å². The van der Waals surface area contributed by atoms with Gasteiger partial charge in [-0.15, -0.1) is 0 Å². The molecule has 0 atom stereocenters. The van der Waals surface area contributed by atoms with Gasteiger partial charge in [-0.2, -0.15) is 17.6 Å². The van der Waals surface area contributed by atoms with Crippen LogP contribution in [-0.4, -0.2) is 4.21 Å². The maximum Gasteiger partial charge on any atom is 0.355 e. The first-order valence-electron chi connectivity index (χ1n) is 10.1. The Bertz CT molecular complexity index is 1180. The van der Waals surface area contributed by atoms with Crippen LogP contribution in [0.2, 0.25) is 0 Å². The summed E-state index contributed by atoms with van der Waals surface area (Å²) in [6.45, 7) is 0. The normalized spacial score (nSPS) is 11.9. The predicted molar refractivity (Wildman–Crippen MR) is 122 cm³/mol. The lowest BCUT2D eigenvalue weighted by Crippen LogP contribution is -2.33. The highest BCUT2D eigenvalue weighted by Crippen LogP contribution is 2.49. The fourth-order valence-electron chi connectivity index (χ4n) is 3.18. The monoisotopic (exact) mass is 486 g/mol. The average Bonchev–Trinajstić information content (AvgIpc) is 2.85. The molecule has 0 bridgehead atoms. The number of rotatable bonds is 8. The van der Waals surface area contributed by atoms with Gasteiger partial charge in [0.2, 0.25) is 0 Å². The summed E-state index contributed by atoms with van der Waals surface area (Å²) in [5.41, 5.74) is -1.84. The molecule has 0 amide bonds. The second-order valence-corrected chi connectivity index (χ2v) is 8.69. The number of hydrogen-bond donors (Lipinski definition) is 0. The molecule has 4 rings (SSSR count). The molecular formula is C26H18F4O3S. The zero-order chi connectivity index (χ0) is 24.2. The number of para-hydroxylation sites is 4. The highest BCUT2D eigenvalue weighted by molar-refractivity contribution is 7.86. The van der Waals surface area contributed by atoms with Gasteiger partial charge < -0.3 is 9.47 Å². The molecular weight excluding hydrogens is 468 g/mol. The molecule has 0 aliphatic heterocycles. The molecule has 3 nitrogen and oxygen atoms in total. The minimum Gasteiger partial charge on any atom is -0.457 e. The van der Waals surface area contributed by atoms with Crippen LogP contribution in [0.25, 0.3) is 0 Å². The molecule has 0 radical (unpaired) electrons. The van der Waals surface area contributed by atoms with Crippen LogP contribution in [0, 0.1) is 0 Å². The molecule has 8 heteroatoms. The van der Waals surface area contributed by atoms with Crippen molar-refractivity contribution in [1.82, 2.24) is 0 Å². The first-order chi connectivity index (χ1) is 16.3. The lowest BCUT2D eigenvalue weighted by Gasteiger charge is -2.25. The number of alkyl halides is 4. The molecule has 0 heterocycles. The van der Waals surface area contributed by atoms with E-state index < -0.39 is 32.4 Å². The van der Waals surface area contributed by atoms with E-state index in [1.165, 1.54) is 60.7 Å². The third kappa shape index (κ3) is 4.82. The van der Waals surface area contributed by atoms with E-state index in [2.05, 4.69) is 0 Å². The van der Waals surface area contributed by atoms with Crippen LogP contribution in [0.4, 0.5) is 17.6 Å². The van der Waals surface area contributed by atoms with E-state index in [4.69, 9.17) is 9.47 Å². The van der Waals surface area contributed by atoms with Crippen molar-refractivity contribution in [2.75, 3.05) is 0 Å². The van der Waals surface area contributed by atoms with Crippen LogP contribution in [-0.2, 0) is 21.3 Å². The van der Waals surface area contributed by atoms with Gasteiger partial charge >= 0.3 is 10.5 Å². The van der Waals surface area contributed by atoms with Crippen molar-refractivity contribution >= 4 is 10.8 Å². The first-order valence-corrected chi connectivity index (χ1v) is 11.3. The summed E-state index contributed by atoms with van der Waals surface area (Å²) in [5.74, 6) is -0.303. The van der Waals surface area contributed by atoms with Gasteiger partial charge in [-0.25, -0.2) is 4.21 Å². The Morgan fingerprint density at radius 2 is 0.824 bits per heavy atom. The van der Waals surface area contributed by atoms with E-state index in [9.17, 15) is 4.21 Å². The minimum absolute atomic E-state index is 0.227. The van der Waals surface area contributed by atoms with Gasteiger partial charge in [-0.1, -0.05) is 60.7 Å². The summed E-state index contributed by atoms with van der Waals surface area (Å²) in [7, 11) is -4.01. The van der Waals surface area contributed by atoms with Crippen LogP contribution in [0.1, 0.15) is 11.1 Å². The van der Waals surface area contributed by atoms with E-state index in [0.717, 1.165) is 12.1 Å². The van der Waals surface area contributed by atoms with Gasteiger partial charge in [0.25, 0.3) is 0 Å². The molecule has 0 saturated carbocycles. The molecule has 174 valence electrons. The Balaban J connectivity index is 1.69. The summed E-state index contributed by atoms with van der Waals surface area (Å²) < 4.78 is 85.2. The summed E-state index contributed by atoms with van der Waals surface area (Å²) in [5, 5.41) is -8.90. The quantitative estimate of drug-likeness (QED) is 0.238. The molecule has 0 fully saturated rings. The molecule has 0 spiro atoms. The highest BCUT2D eigenvalue weighted by Gasteiger charge is 2.56. The highest BCUT2D eigenvalue weighted by atomic mass is 32.2. The number of halogens is 4. The van der Waals surface area contributed by atoms with Crippen LogP contribution in [0.15, 0.2) is 109 Å². The van der Waals surface area contributed by atoms with Gasteiger partial charge in [0.1, 0.15) is 23.0 Å². The number of hydrogen-bond acceptors (Lipinski definition) is 3. The summed E-state index contributed by atoms with van der Waals surface area (Å²) in [6.07, 6.45) is 0. The Hall–Kier alpha value is -3.65. The van der Waals surface area contributed by atoms with Crippen molar-refractivity contribution < 1.29 is 31.2 Å². The molecule has 0 aliphatic carbocycles. The van der Waals surface area contributed by atoms with E-state index in [-0.39, 0.29) is 23.0 Å². The number of ether oxygens (including phenoxy) is 2. The van der Waals surface area contributed by atoms with Crippen molar-refractivity contribution in [2.24, 2.45) is 0 Å². The first kappa shape index (κ1) is 23.5. The third-order valence-corrected chi connectivity index (χ3v) is 6.18. The second-order valence-electron chi connectivity index (χ2n) is 7.12. The fourth-order valence-corrected chi connectivity index (χ4v) is 4.24. The minimum atomic E-state index is -4.45. The molecule has 0 aromatic heterocycles. The topological polar surface area (TPSA) is 35.5 Å². The lowest BCUT2D eigenvalue weighted by molar-refractivity contribution is 0.0504. The van der Waals surface area contributed by atoms with E-state index in [0.29, 0.717) is 0 Å². The third-order valence-electron chi connectivity index (χ3n) is 4.81. The molecule has 0 unspecified atom stereocenters. The Labute approximate surface area is 196 Å². The van der Waals surface area contributed by atoms with E-state index >= 15 is 17.6 Å². The molecule has 4 aromatic carbocycles. The van der Waals surface area contributed by atoms with Crippen molar-refractivity contribution in [3.8, 4) is 23.0 Å². The zero-order valence-corrected chi connectivity index (χ0v) is 18.4. The second kappa shape index (κ2) is 9.69. The van der Waals surface area contributed by atoms with E-state index in [1.54, 1.807) is 36.4 Å². The average molecular weight is 486 g/mol. The van der Waals surface area contributed by atoms with Crippen molar-refractivity contribution in [2.45, 2.75) is 10.5 Å². The smallest absolute Gasteiger partial charge is 0.355 e. The number of benzene rings is 4. The van der Waals surface area contributed by atoms with Crippen molar-refractivity contribution in [1.29, 1.82) is 0 Å². The maximum absolute atomic E-state index is 15.4. The summed E-state index contributed by atoms with van der Waals surface area (Å²) in [6, 6.07) is 25.6.